The molecule has 0 radical (unpaired) electrons. The number of amides is 1. The molecule has 4 nitrogen and oxygen atoms in total. The molecule has 24 heavy (non-hydrogen) atoms. The van der Waals surface area contributed by atoms with Gasteiger partial charge in [0.25, 0.3) is 5.22 Å². The number of oxazole rings is 1. The minimum absolute atomic E-state index is 0.142. The van der Waals surface area contributed by atoms with Crippen molar-refractivity contribution in [1.29, 1.82) is 0 Å². The fraction of sp³-hybridized carbons (Fsp3) is 0.222. The van der Waals surface area contributed by atoms with Gasteiger partial charge in [-0.1, -0.05) is 41.6 Å². The van der Waals surface area contributed by atoms with Crippen LogP contribution >= 0.6 is 23.4 Å². The number of aromatic nitrogens is 1. The number of hydrogen-bond acceptors (Lipinski definition) is 4. The van der Waals surface area contributed by atoms with Gasteiger partial charge in [0, 0.05) is 0 Å². The van der Waals surface area contributed by atoms with Gasteiger partial charge in [0.2, 0.25) is 5.91 Å². The molecular formula is C18H17ClN2O2S. The average molecular weight is 361 g/mol. The van der Waals surface area contributed by atoms with Gasteiger partial charge in [-0.15, -0.1) is 0 Å². The van der Waals surface area contributed by atoms with Gasteiger partial charge in [0.15, 0.2) is 5.58 Å². The molecule has 0 aliphatic rings. The third-order valence-electron chi connectivity index (χ3n) is 3.60. The van der Waals surface area contributed by atoms with Crippen LogP contribution in [-0.2, 0) is 4.79 Å². The Kier molecular flexibility index (Phi) is 4.83. The van der Waals surface area contributed by atoms with Crippen molar-refractivity contribution in [3.63, 3.8) is 0 Å². The largest absolute Gasteiger partial charge is 0.431 e. The second-order valence-corrected chi connectivity index (χ2v) is 7.33. The highest BCUT2D eigenvalue weighted by atomic mass is 35.5. The number of fused-ring (bicyclic) bond motifs is 1. The first-order valence-electron chi connectivity index (χ1n) is 7.54. The molecule has 0 saturated heterocycles. The second kappa shape index (κ2) is 6.87. The van der Waals surface area contributed by atoms with Crippen molar-refractivity contribution in [2.75, 3.05) is 5.32 Å². The van der Waals surface area contributed by atoms with E-state index in [4.69, 9.17) is 16.0 Å². The Bertz CT molecular complexity index is 851. The van der Waals surface area contributed by atoms with Gasteiger partial charge in [0.1, 0.15) is 5.52 Å². The third kappa shape index (κ3) is 3.57. The summed E-state index contributed by atoms with van der Waals surface area (Å²) in [5, 5.41) is 3.55. The Hall–Kier alpha value is -1.98. The number of nitrogens with one attached hydrogen (secondary N) is 1. The van der Waals surface area contributed by atoms with E-state index >= 15 is 0 Å². The van der Waals surface area contributed by atoms with E-state index in [1.807, 2.05) is 57.2 Å². The second-order valence-electron chi connectivity index (χ2n) is 5.64. The molecule has 0 saturated carbocycles. The molecule has 2 aromatic carbocycles. The number of carbonyl (C=O) groups is 1. The molecule has 3 aromatic rings. The van der Waals surface area contributed by atoms with Gasteiger partial charge < -0.3 is 9.73 Å². The quantitative estimate of drug-likeness (QED) is 0.648. The van der Waals surface area contributed by atoms with Crippen LogP contribution in [-0.4, -0.2) is 16.1 Å². The predicted octanol–water partition coefficient (Wildman–Crippen LogP) is 5.22. The number of hydrogen-bond donors (Lipinski definition) is 1. The third-order valence-corrected chi connectivity index (χ3v) is 4.84. The van der Waals surface area contributed by atoms with E-state index < -0.39 is 0 Å². The molecule has 0 aliphatic carbocycles. The molecule has 0 fully saturated rings. The summed E-state index contributed by atoms with van der Waals surface area (Å²) in [7, 11) is 0. The van der Waals surface area contributed by atoms with Crippen LogP contribution in [0.3, 0.4) is 0 Å². The number of rotatable bonds is 4. The lowest BCUT2D eigenvalue weighted by atomic mass is 10.1. The molecule has 3 rings (SSSR count). The summed E-state index contributed by atoms with van der Waals surface area (Å²) in [6.07, 6.45) is 0. The van der Waals surface area contributed by atoms with Crippen molar-refractivity contribution < 1.29 is 9.21 Å². The molecule has 1 aromatic heterocycles. The molecule has 124 valence electrons. The van der Waals surface area contributed by atoms with E-state index in [0.29, 0.717) is 21.5 Å². The van der Waals surface area contributed by atoms with Crippen LogP contribution < -0.4 is 5.32 Å². The fourth-order valence-corrected chi connectivity index (χ4v) is 3.53. The van der Waals surface area contributed by atoms with E-state index in [0.717, 1.165) is 16.6 Å². The summed E-state index contributed by atoms with van der Waals surface area (Å²) in [5.41, 5.74) is 4.14. The Labute approximate surface area is 149 Å². The number of benzene rings is 2. The Morgan fingerprint density at radius 1 is 1.29 bits per heavy atom. The molecule has 1 N–H and O–H groups in total. The average Bonchev–Trinajstić information content (AvgIpc) is 2.92. The number of aryl methyl sites for hydroxylation is 2. The first-order chi connectivity index (χ1) is 11.4. The predicted molar refractivity (Wildman–Crippen MR) is 98.9 cm³/mol. The van der Waals surface area contributed by atoms with Crippen molar-refractivity contribution in [2.24, 2.45) is 0 Å². The number of carbonyl (C=O) groups excluding carboxylic acids is 1. The molecular weight excluding hydrogens is 344 g/mol. The molecule has 0 aliphatic heterocycles. The van der Waals surface area contributed by atoms with Crippen LogP contribution in [0.2, 0.25) is 5.02 Å². The topological polar surface area (TPSA) is 55.1 Å². The Morgan fingerprint density at radius 2 is 2.04 bits per heavy atom. The van der Waals surface area contributed by atoms with Crippen molar-refractivity contribution in [3.05, 3.63) is 52.5 Å². The lowest BCUT2D eigenvalue weighted by Gasteiger charge is -2.14. The zero-order chi connectivity index (χ0) is 17.3. The Balaban J connectivity index is 1.73. The summed E-state index contributed by atoms with van der Waals surface area (Å²) in [6, 6.07) is 11.3. The van der Waals surface area contributed by atoms with Crippen LogP contribution in [0.15, 0.2) is 46.0 Å². The van der Waals surface area contributed by atoms with E-state index in [2.05, 4.69) is 10.3 Å². The van der Waals surface area contributed by atoms with Crippen LogP contribution in [0.4, 0.5) is 5.69 Å². The van der Waals surface area contributed by atoms with Crippen LogP contribution in [0.25, 0.3) is 11.1 Å². The molecule has 1 heterocycles. The number of thioether (sulfide) groups is 1. The molecule has 1 unspecified atom stereocenters. The zero-order valence-electron chi connectivity index (χ0n) is 13.6. The highest BCUT2D eigenvalue weighted by Crippen LogP contribution is 2.30. The first-order valence-corrected chi connectivity index (χ1v) is 8.79. The van der Waals surface area contributed by atoms with E-state index in [-0.39, 0.29) is 11.2 Å². The zero-order valence-corrected chi connectivity index (χ0v) is 15.2. The smallest absolute Gasteiger partial charge is 0.257 e. The van der Waals surface area contributed by atoms with Crippen LogP contribution in [0.1, 0.15) is 18.1 Å². The summed E-state index contributed by atoms with van der Waals surface area (Å²) in [6.45, 7) is 5.70. The van der Waals surface area contributed by atoms with Gasteiger partial charge >= 0.3 is 0 Å². The number of para-hydroxylation sites is 2. The molecule has 1 amide bonds. The maximum Gasteiger partial charge on any atom is 0.257 e. The maximum atomic E-state index is 12.5. The normalized spacial score (nSPS) is 12.3. The number of halogens is 1. The van der Waals surface area contributed by atoms with Crippen LogP contribution in [0.5, 0.6) is 0 Å². The summed E-state index contributed by atoms with van der Waals surface area (Å²) in [5.74, 6) is -0.142. The minimum Gasteiger partial charge on any atom is -0.431 e. The summed E-state index contributed by atoms with van der Waals surface area (Å²) >= 11 is 7.52. The highest BCUT2D eigenvalue weighted by Gasteiger charge is 2.19. The summed E-state index contributed by atoms with van der Waals surface area (Å²) in [4.78, 5) is 16.8. The van der Waals surface area contributed by atoms with E-state index in [9.17, 15) is 4.79 Å². The lowest BCUT2D eigenvalue weighted by Crippen LogP contribution is -2.23. The number of anilines is 1. The fourth-order valence-electron chi connectivity index (χ4n) is 2.41. The molecule has 0 spiro atoms. The van der Waals surface area contributed by atoms with Crippen molar-refractivity contribution in [2.45, 2.75) is 31.2 Å². The van der Waals surface area contributed by atoms with Gasteiger partial charge in [-0.25, -0.2) is 4.98 Å². The van der Waals surface area contributed by atoms with Crippen molar-refractivity contribution >= 4 is 46.1 Å². The minimum atomic E-state index is -0.366. The van der Waals surface area contributed by atoms with E-state index in [1.165, 1.54) is 11.8 Å². The lowest BCUT2D eigenvalue weighted by molar-refractivity contribution is -0.115. The first kappa shape index (κ1) is 16.9. The maximum absolute atomic E-state index is 12.5. The number of nitrogens with zero attached hydrogens (tertiary/aromatic N) is 1. The molecule has 0 bridgehead atoms. The van der Waals surface area contributed by atoms with Gasteiger partial charge in [-0.05, 0) is 50.1 Å². The van der Waals surface area contributed by atoms with E-state index in [1.54, 1.807) is 0 Å². The van der Waals surface area contributed by atoms with Crippen LogP contribution in [0, 0.1) is 13.8 Å². The van der Waals surface area contributed by atoms with Gasteiger partial charge in [-0.2, -0.15) is 0 Å². The Morgan fingerprint density at radius 3 is 2.75 bits per heavy atom. The SMILES string of the molecule is Cc1cc(C)c(NC(=O)C(C)Sc2nc3ccccc3o2)c(Cl)c1. The van der Waals surface area contributed by atoms with Gasteiger partial charge in [0.05, 0.1) is 16.0 Å². The molecule has 1 atom stereocenters. The highest BCUT2D eigenvalue weighted by molar-refractivity contribution is 8.00. The monoisotopic (exact) mass is 360 g/mol. The molecule has 6 heteroatoms. The van der Waals surface area contributed by atoms with Crippen molar-refractivity contribution in [1.82, 2.24) is 4.98 Å². The standard InChI is InChI=1S/C18H17ClN2O2S/c1-10-8-11(2)16(13(19)9-10)21-17(22)12(3)24-18-20-14-6-4-5-7-15(14)23-18/h4-9,12H,1-3H3,(H,21,22). The van der Waals surface area contributed by atoms with Gasteiger partial charge in [-0.3, -0.25) is 4.79 Å². The van der Waals surface area contributed by atoms with Crippen molar-refractivity contribution in [3.8, 4) is 0 Å². The summed E-state index contributed by atoms with van der Waals surface area (Å²) < 4.78 is 5.65.